The highest BCUT2D eigenvalue weighted by molar-refractivity contribution is 5.05. The molecule has 1 heterocycles. The second-order valence-electron chi connectivity index (χ2n) is 6.10. The normalized spacial score (nSPS) is 28.6. The van der Waals surface area contributed by atoms with Gasteiger partial charge in [-0.25, -0.2) is 0 Å². The minimum absolute atomic E-state index is 0.696. The maximum atomic E-state index is 5.95. The third-order valence-corrected chi connectivity index (χ3v) is 4.62. The first kappa shape index (κ1) is 13.5. The molecule has 3 atom stereocenters. The van der Waals surface area contributed by atoms with Crippen LogP contribution in [0.3, 0.4) is 0 Å². The molecule has 0 saturated heterocycles. The predicted octanol–water partition coefficient (Wildman–Crippen LogP) is 3.27. The van der Waals surface area contributed by atoms with Crippen LogP contribution in [0.25, 0.3) is 0 Å². The molecule has 100 valence electrons. The smallest absolute Gasteiger partial charge is 0.0406 e. The Labute approximate surface area is 111 Å². The molecule has 1 saturated carbocycles. The van der Waals surface area contributed by atoms with Crippen molar-refractivity contribution in [3.05, 3.63) is 30.1 Å². The van der Waals surface area contributed by atoms with E-state index in [9.17, 15) is 0 Å². The van der Waals surface area contributed by atoms with E-state index in [1.165, 1.54) is 25.0 Å². The van der Waals surface area contributed by atoms with Crippen molar-refractivity contribution in [2.45, 2.75) is 39.5 Å². The van der Waals surface area contributed by atoms with E-state index in [1.807, 2.05) is 12.3 Å². The summed E-state index contributed by atoms with van der Waals surface area (Å²) in [6.07, 6.45) is 6.99. The fraction of sp³-hybridized carbons (Fsp3) is 0.688. The van der Waals surface area contributed by atoms with Gasteiger partial charge in [0.05, 0.1) is 0 Å². The number of hydrogen-bond acceptors (Lipinski definition) is 2. The standard InChI is InChI=1S/C16H26N2/c1-12(2)13-6-7-14(11-17)15(9-13)10-16-5-3-4-8-18-16/h3-5,8,12-15H,6-7,9-11,17H2,1-2H3. The average molecular weight is 246 g/mol. The molecule has 1 fully saturated rings. The zero-order valence-electron chi connectivity index (χ0n) is 11.7. The maximum absolute atomic E-state index is 5.95. The molecule has 2 N–H and O–H groups in total. The lowest BCUT2D eigenvalue weighted by atomic mass is 9.69. The molecule has 1 aromatic rings. The molecule has 0 spiro atoms. The van der Waals surface area contributed by atoms with Gasteiger partial charge < -0.3 is 5.73 Å². The molecule has 1 aliphatic rings. The number of aromatic nitrogens is 1. The lowest BCUT2D eigenvalue weighted by Crippen LogP contribution is -2.33. The SMILES string of the molecule is CC(C)C1CCC(CN)C(Cc2ccccn2)C1. The zero-order chi connectivity index (χ0) is 13.0. The van der Waals surface area contributed by atoms with Crippen molar-refractivity contribution in [3.63, 3.8) is 0 Å². The van der Waals surface area contributed by atoms with Gasteiger partial charge >= 0.3 is 0 Å². The Balaban J connectivity index is 2.02. The molecule has 1 aliphatic carbocycles. The quantitative estimate of drug-likeness (QED) is 0.885. The van der Waals surface area contributed by atoms with Gasteiger partial charge in [0.2, 0.25) is 0 Å². The third-order valence-electron chi connectivity index (χ3n) is 4.62. The van der Waals surface area contributed by atoms with Crippen molar-refractivity contribution in [3.8, 4) is 0 Å². The van der Waals surface area contributed by atoms with Gasteiger partial charge in [-0.3, -0.25) is 4.98 Å². The van der Waals surface area contributed by atoms with E-state index >= 15 is 0 Å². The molecular weight excluding hydrogens is 220 g/mol. The van der Waals surface area contributed by atoms with E-state index in [2.05, 4.69) is 31.0 Å². The summed E-state index contributed by atoms with van der Waals surface area (Å²) in [5.74, 6) is 3.10. The van der Waals surface area contributed by atoms with Crippen LogP contribution in [0, 0.1) is 23.7 Å². The van der Waals surface area contributed by atoms with Crippen molar-refractivity contribution in [2.75, 3.05) is 6.54 Å². The van der Waals surface area contributed by atoms with Crippen molar-refractivity contribution in [2.24, 2.45) is 29.4 Å². The van der Waals surface area contributed by atoms with E-state index in [-0.39, 0.29) is 0 Å². The molecule has 1 aromatic heterocycles. The molecule has 2 rings (SSSR count). The topological polar surface area (TPSA) is 38.9 Å². The molecule has 0 amide bonds. The van der Waals surface area contributed by atoms with Crippen molar-refractivity contribution >= 4 is 0 Å². The first-order valence-corrected chi connectivity index (χ1v) is 7.30. The Kier molecular flexibility index (Phi) is 4.76. The highest BCUT2D eigenvalue weighted by Crippen LogP contribution is 2.38. The summed E-state index contributed by atoms with van der Waals surface area (Å²) < 4.78 is 0. The predicted molar refractivity (Wildman–Crippen MR) is 76.2 cm³/mol. The van der Waals surface area contributed by atoms with E-state index < -0.39 is 0 Å². The van der Waals surface area contributed by atoms with Gasteiger partial charge in [0.1, 0.15) is 0 Å². The van der Waals surface area contributed by atoms with Crippen molar-refractivity contribution in [1.82, 2.24) is 4.98 Å². The second kappa shape index (κ2) is 6.33. The Hall–Kier alpha value is -0.890. The summed E-state index contributed by atoms with van der Waals surface area (Å²) in [6, 6.07) is 6.22. The van der Waals surface area contributed by atoms with Crippen LogP contribution in [-0.2, 0) is 6.42 Å². The Morgan fingerprint density at radius 3 is 2.72 bits per heavy atom. The molecule has 2 heteroatoms. The van der Waals surface area contributed by atoms with Crippen LogP contribution in [0.4, 0.5) is 0 Å². The van der Waals surface area contributed by atoms with E-state index in [1.54, 1.807) is 0 Å². The van der Waals surface area contributed by atoms with E-state index in [4.69, 9.17) is 5.73 Å². The maximum Gasteiger partial charge on any atom is 0.0406 e. The van der Waals surface area contributed by atoms with Crippen LogP contribution in [0.15, 0.2) is 24.4 Å². The summed E-state index contributed by atoms with van der Waals surface area (Å²) in [5.41, 5.74) is 7.18. The first-order valence-electron chi connectivity index (χ1n) is 7.30. The number of rotatable bonds is 4. The molecule has 0 radical (unpaired) electrons. The molecule has 0 aromatic carbocycles. The molecule has 18 heavy (non-hydrogen) atoms. The molecule has 0 aliphatic heterocycles. The summed E-state index contributed by atoms with van der Waals surface area (Å²) >= 11 is 0. The van der Waals surface area contributed by atoms with Crippen LogP contribution in [0.5, 0.6) is 0 Å². The van der Waals surface area contributed by atoms with Gasteiger partial charge in [-0.2, -0.15) is 0 Å². The van der Waals surface area contributed by atoms with Gasteiger partial charge in [-0.15, -0.1) is 0 Å². The highest BCUT2D eigenvalue weighted by Gasteiger charge is 2.31. The number of nitrogens with two attached hydrogens (primary N) is 1. The molecule has 2 nitrogen and oxygen atoms in total. The van der Waals surface area contributed by atoms with Gasteiger partial charge in [0.15, 0.2) is 0 Å². The number of hydrogen-bond donors (Lipinski definition) is 1. The van der Waals surface area contributed by atoms with Crippen molar-refractivity contribution < 1.29 is 0 Å². The Bertz CT molecular complexity index is 347. The number of nitrogens with zero attached hydrogens (tertiary/aromatic N) is 1. The molecular formula is C16H26N2. The summed E-state index contributed by atoms with van der Waals surface area (Å²) in [4.78, 5) is 4.47. The number of pyridine rings is 1. The zero-order valence-corrected chi connectivity index (χ0v) is 11.7. The van der Waals surface area contributed by atoms with Gasteiger partial charge in [-0.1, -0.05) is 19.9 Å². The lowest BCUT2D eigenvalue weighted by Gasteiger charge is -2.37. The minimum Gasteiger partial charge on any atom is -0.330 e. The monoisotopic (exact) mass is 246 g/mol. The largest absolute Gasteiger partial charge is 0.330 e. The van der Waals surface area contributed by atoms with Gasteiger partial charge in [0, 0.05) is 11.9 Å². The third kappa shape index (κ3) is 3.32. The summed E-state index contributed by atoms with van der Waals surface area (Å²) in [7, 11) is 0. The highest BCUT2D eigenvalue weighted by atomic mass is 14.7. The Morgan fingerprint density at radius 1 is 1.28 bits per heavy atom. The first-order chi connectivity index (χ1) is 8.70. The van der Waals surface area contributed by atoms with Crippen LogP contribution in [0.1, 0.15) is 38.8 Å². The fourth-order valence-corrected chi connectivity index (χ4v) is 3.32. The van der Waals surface area contributed by atoms with Gasteiger partial charge in [-0.05, 0) is 68.0 Å². The average Bonchev–Trinajstić information content (AvgIpc) is 2.39. The second-order valence-corrected chi connectivity index (χ2v) is 6.10. The van der Waals surface area contributed by atoms with E-state index in [0.717, 1.165) is 30.7 Å². The van der Waals surface area contributed by atoms with Crippen molar-refractivity contribution in [1.29, 1.82) is 0 Å². The minimum atomic E-state index is 0.696. The summed E-state index contributed by atoms with van der Waals surface area (Å²) in [6.45, 7) is 5.54. The summed E-state index contributed by atoms with van der Waals surface area (Å²) in [5, 5.41) is 0. The molecule has 3 unspecified atom stereocenters. The van der Waals surface area contributed by atoms with Crippen LogP contribution in [-0.4, -0.2) is 11.5 Å². The molecule has 0 bridgehead atoms. The van der Waals surface area contributed by atoms with E-state index in [0.29, 0.717) is 5.92 Å². The lowest BCUT2D eigenvalue weighted by molar-refractivity contribution is 0.150. The Morgan fingerprint density at radius 2 is 2.11 bits per heavy atom. The van der Waals surface area contributed by atoms with Crippen LogP contribution in [0.2, 0.25) is 0 Å². The van der Waals surface area contributed by atoms with Crippen LogP contribution < -0.4 is 5.73 Å². The fourth-order valence-electron chi connectivity index (χ4n) is 3.32. The van der Waals surface area contributed by atoms with Crippen LogP contribution >= 0.6 is 0 Å². The van der Waals surface area contributed by atoms with Gasteiger partial charge in [0.25, 0.3) is 0 Å².